The molecule has 3 aliphatic rings. The fourth-order valence-corrected chi connectivity index (χ4v) is 4.06. The lowest BCUT2D eigenvalue weighted by Gasteiger charge is -2.56. The van der Waals surface area contributed by atoms with Gasteiger partial charge >= 0.3 is 5.97 Å². The molecule has 1 aromatic carbocycles. The number of carbonyl (C=O) groups is 2. The molecule has 0 spiro atoms. The second kappa shape index (κ2) is 7.78. The first-order valence-corrected chi connectivity index (χ1v) is 9.65. The monoisotopic (exact) mass is 358 g/mol. The van der Waals surface area contributed by atoms with Crippen molar-refractivity contribution in [2.24, 2.45) is 5.41 Å². The van der Waals surface area contributed by atoms with Gasteiger partial charge in [-0.15, -0.1) is 0 Å². The van der Waals surface area contributed by atoms with E-state index >= 15 is 0 Å². The van der Waals surface area contributed by atoms with E-state index in [1.54, 1.807) is 13.8 Å². The summed E-state index contributed by atoms with van der Waals surface area (Å²) in [7, 11) is 0. The highest BCUT2D eigenvalue weighted by molar-refractivity contribution is 5.86. The zero-order valence-corrected chi connectivity index (χ0v) is 16.1. The molecular weight excluding hydrogens is 328 g/mol. The molecule has 5 nitrogen and oxygen atoms in total. The molecule has 0 aromatic heterocycles. The second-order valence-corrected chi connectivity index (χ2v) is 8.23. The Balaban J connectivity index is 1.51. The van der Waals surface area contributed by atoms with Crippen molar-refractivity contribution in [3.05, 3.63) is 35.9 Å². The molecular formula is C21H30N2O3. The van der Waals surface area contributed by atoms with E-state index in [9.17, 15) is 9.59 Å². The molecule has 0 N–H and O–H groups in total. The number of benzene rings is 1. The molecule has 3 saturated heterocycles. The minimum absolute atomic E-state index is 0.0871. The van der Waals surface area contributed by atoms with Gasteiger partial charge in [-0.2, -0.15) is 0 Å². The molecule has 1 aromatic rings. The number of piperidine rings is 1. The van der Waals surface area contributed by atoms with E-state index in [1.165, 1.54) is 0 Å². The number of amides is 1. The summed E-state index contributed by atoms with van der Waals surface area (Å²) in [6.45, 7) is 9.08. The van der Waals surface area contributed by atoms with Crippen LogP contribution in [-0.2, 0) is 20.9 Å². The number of hydrogen-bond donors (Lipinski definition) is 0. The SMILES string of the molecule is CCCN1CC2CC(C1)N2C(=O)CC(C)(C)C(=O)OCc1ccccc1. The molecule has 3 aliphatic heterocycles. The van der Waals surface area contributed by atoms with Gasteiger partial charge in [0.15, 0.2) is 0 Å². The van der Waals surface area contributed by atoms with E-state index in [2.05, 4.69) is 11.8 Å². The molecule has 2 atom stereocenters. The Labute approximate surface area is 156 Å². The van der Waals surface area contributed by atoms with Crippen LogP contribution < -0.4 is 0 Å². The van der Waals surface area contributed by atoms with Crippen LogP contribution in [-0.4, -0.2) is 53.4 Å². The number of ether oxygens (including phenoxy) is 1. The highest BCUT2D eigenvalue weighted by Crippen LogP contribution is 2.35. The van der Waals surface area contributed by atoms with Crippen LogP contribution >= 0.6 is 0 Å². The third-order valence-corrected chi connectivity index (χ3v) is 5.46. The zero-order valence-electron chi connectivity index (χ0n) is 16.1. The molecule has 4 rings (SSSR count). The van der Waals surface area contributed by atoms with Crippen LogP contribution in [0.4, 0.5) is 0 Å². The lowest BCUT2D eigenvalue weighted by atomic mass is 9.83. The van der Waals surface area contributed by atoms with Crippen molar-refractivity contribution in [2.45, 2.75) is 58.7 Å². The highest BCUT2D eigenvalue weighted by Gasteiger charge is 2.48. The van der Waals surface area contributed by atoms with Gasteiger partial charge in [-0.3, -0.25) is 14.5 Å². The number of hydrogen-bond acceptors (Lipinski definition) is 4. The van der Waals surface area contributed by atoms with Crippen LogP contribution in [0.15, 0.2) is 30.3 Å². The Bertz CT molecular complexity index is 632. The number of fused-ring (bicyclic) bond motifs is 2. The van der Waals surface area contributed by atoms with Gasteiger partial charge in [0.05, 0.1) is 5.41 Å². The van der Waals surface area contributed by atoms with Gasteiger partial charge in [0.2, 0.25) is 5.91 Å². The summed E-state index contributed by atoms with van der Waals surface area (Å²) in [5, 5.41) is 0. The molecule has 2 unspecified atom stereocenters. The minimum Gasteiger partial charge on any atom is -0.460 e. The fourth-order valence-electron chi connectivity index (χ4n) is 4.06. The third kappa shape index (κ3) is 4.09. The fraction of sp³-hybridized carbons (Fsp3) is 0.619. The van der Waals surface area contributed by atoms with Crippen molar-refractivity contribution >= 4 is 11.9 Å². The van der Waals surface area contributed by atoms with Crippen LogP contribution in [0.2, 0.25) is 0 Å². The molecule has 0 aliphatic carbocycles. The predicted octanol–water partition coefficient (Wildman–Crippen LogP) is 2.84. The lowest BCUT2D eigenvalue weighted by molar-refractivity contribution is -0.165. The van der Waals surface area contributed by atoms with E-state index in [4.69, 9.17) is 4.74 Å². The van der Waals surface area contributed by atoms with Crippen molar-refractivity contribution in [1.82, 2.24) is 9.80 Å². The largest absolute Gasteiger partial charge is 0.460 e. The average Bonchev–Trinajstić information content (AvgIpc) is 2.60. The van der Waals surface area contributed by atoms with Gasteiger partial charge in [-0.1, -0.05) is 37.3 Å². The first kappa shape index (κ1) is 18.9. The Morgan fingerprint density at radius 1 is 1.15 bits per heavy atom. The lowest BCUT2D eigenvalue weighted by Crippen LogP contribution is -2.70. The van der Waals surface area contributed by atoms with Crippen LogP contribution in [0.3, 0.4) is 0 Å². The molecule has 5 heteroatoms. The van der Waals surface area contributed by atoms with Gasteiger partial charge in [-0.25, -0.2) is 0 Å². The van der Waals surface area contributed by atoms with Crippen LogP contribution in [0, 0.1) is 5.41 Å². The van der Waals surface area contributed by atoms with Crippen molar-refractivity contribution in [1.29, 1.82) is 0 Å². The topological polar surface area (TPSA) is 49.9 Å². The van der Waals surface area contributed by atoms with Crippen molar-refractivity contribution in [3.8, 4) is 0 Å². The highest BCUT2D eigenvalue weighted by atomic mass is 16.5. The van der Waals surface area contributed by atoms with Crippen molar-refractivity contribution in [2.75, 3.05) is 19.6 Å². The summed E-state index contributed by atoms with van der Waals surface area (Å²) >= 11 is 0. The Kier molecular flexibility index (Phi) is 5.66. The number of carbonyl (C=O) groups excluding carboxylic acids is 2. The number of esters is 1. The van der Waals surface area contributed by atoms with Crippen LogP contribution in [0.25, 0.3) is 0 Å². The molecule has 3 heterocycles. The van der Waals surface area contributed by atoms with Gasteiger partial charge in [-0.05, 0) is 38.8 Å². The first-order chi connectivity index (χ1) is 12.4. The van der Waals surface area contributed by atoms with Gasteiger partial charge < -0.3 is 9.64 Å². The average molecular weight is 358 g/mol. The maximum atomic E-state index is 12.8. The summed E-state index contributed by atoms with van der Waals surface area (Å²) in [5.41, 5.74) is 0.148. The first-order valence-electron chi connectivity index (χ1n) is 9.65. The van der Waals surface area contributed by atoms with Crippen LogP contribution in [0.1, 0.15) is 45.6 Å². The second-order valence-electron chi connectivity index (χ2n) is 8.23. The van der Waals surface area contributed by atoms with Crippen molar-refractivity contribution in [3.63, 3.8) is 0 Å². The molecule has 2 bridgehead atoms. The smallest absolute Gasteiger partial charge is 0.312 e. The van der Waals surface area contributed by atoms with Crippen LogP contribution in [0.5, 0.6) is 0 Å². The summed E-state index contributed by atoms with van der Waals surface area (Å²) in [5.74, 6) is -0.225. The number of piperazine rings is 1. The minimum atomic E-state index is -0.807. The van der Waals surface area contributed by atoms with E-state index in [1.807, 2.05) is 35.2 Å². The predicted molar refractivity (Wildman–Crippen MR) is 100 cm³/mol. The maximum absolute atomic E-state index is 12.8. The maximum Gasteiger partial charge on any atom is 0.312 e. The zero-order chi connectivity index (χ0) is 18.7. The van der Waals surface area contributed by atoms with Crippen molar-refractivity contribution < 1.29 is 14.3 Å². The number of nitrogens with zero attached hydrogens (tertiary/aromatic N) is 2. The Morgan fingerprint density at radius 3 is 2.42 bits per heavy atom. The summed E-state index contributed by atoms with van der Waals surface area (Å²) in [6, 6.07) is 10.3. The van der Waals surface area contributed by atoms with Gasteiger partial charge in [0.25, 0.3) is 0 Å². The molecule has 3 fully saturated rings. The standard InChI is InChI=1S/C21H30N2O3/c1-4-10-22-13-17-11-18(14-22)23(17)19(24)12-21(2,3)20(25)26-15-16-8-6-5-7-9-16/h5-9,17-18H,4,10-15H2,1-3H3. The van der Waals surface area contributed by atoms with E-state index < -0.39 is 5.41 Å². The molecule has 0 saturated carbocycles. The van der Waals surface area contributed by atoms with E-state index in [-0.39, 0.29) is 24.9 Å². The molecule has 142 valence electrons. The summed E-state index contributed by atoms with van der Waals surface area (Å²) in [4.78, 5) is 29.7. The Morgan fingerprint density at radius 2 is 1.81 bits per heavy atom. The Hall–Kier alpha value is -1.88. The van der Waals surface area contributed by atoms with E-state index in [0.717, 1.165) is 38.0 Å². The quantitative estimate of drug-likeness (QED) is 0.703. The van der Waals surface area contributed by atoms with E-state index in [0.29, 0.717) is 12.1 Å². The van der Waals surface area contributed by atoms with Gasteiger partial charge in [0.1, 0.15) is 6.61 Å². The number of rotatable bonds is 7. The summed E-state index contributed by atoms with van der Waals surface area (Å²) in [6.07, 6.45) is 2.46. The third-order valence-electron chi connectivity index (χ3n) is 5.46. The molecule has 26 heavy (non-hydrogen) atoms. The molecule has 0 radical (unpaired) electrons. The molecule has 1 amide bonds. The summed E-state index contributed by atoms with van der Waals surface area (Å²) < 4.78 is 5.45. The van der Waals surface area contributed by atoms with Gasteiger partial charge in [0, 0.05) is 31.6 Å². The normalized spacial score (nSPS) is 22.7.